The molecular weight excluding hydrogens is 218 g/mol. The first kappa shape index (κ1) is 12.2. The van der Waals surface area contributed by atoms with Crippen molar-refractivity contribution in [1.82, 2.24) is 5.32 Å². The van der Waals surface area contributed by atoms with Crippen molar-refractivity contribution in [3.63, 3.8) is 0 Å². The zero-order valence-electron chi connectivity index (χ0n) is 8.60. The molecule has 16 heavy (non-hydrogen) atoms. The van der Waals surface area contributed by atoms with Crippen molar-refractivity contribution in [1.29, 1.82) is 0 Å². The van der Waals surface area contributed by atoms with Crippen LogP contribution in [0.25, 0.3) is 0 Å². The molecule has 7 heteroatoms. The predicted molar refractivity (Wildman–Crippen MR) is 51.3 cm³/mol. The lowest BCUT2D eigenvalue weighted by atomic mass is 9.93. The zero-order valence-corrected chi connectivity index (χ0v) is 8.60. The fourth-order valence-corrected chi connectivity index (χ4v) is 2.22. The van der Waals surface area contributed by atoms with Gasteiger partial charge in [0.2, 0.25) is 0 Å². The number of hydrogen-bond donors (Lipinski definition) is 6. The average Bonchev–Trinajstić information content (AvgIpc) is 2.67. The number of β-amino-alcohol motifs (C(OH)–C–C–N with tert-alkyl or cyclic N) is 1. The van der Waals surface area contributed by atoms with E-state index in [1.807, 2.05) is 0 Å². The standard InChI is InChI=1S/C9H17NO6/c11-3-1-4(10-2-3)8-6(13)5(12)7(14)9(15)16-8/h3-15H,1-2H2/t3-,4-,5+,6-,7-,8-,9?/m1/s1. The summed E-state index contributed by atoms with van der Waals surface area (Å²) in [6.45, 7) is 0.381. The van der Waals surface area contributed by atoms with Gasteiger partial charge in [-0.1, -0.05) is 0 Å². The van der Waals surface area contributed by atoms with Crippen molar-refractivity contribution in [3.05, 3.63) is 0 Å². The first-order valence-electron chi connectivity index (χ1n) is 5.30. The minimum atomic E-state index is -1.53. The third-order valence-electron chi connectivity index (χ3n) is 3.16. The Bertz CT molecular complexity index is 250. The first-order chi connectivity index (χ1) is 7.50. The van der Waals surface area contributed by atoms with Gasteiger partial charge in [-0.25, -0.2) is 0 Å². The SMILES string of the molecule is OC1O[C@H]([C@H]2C[C@@H](O)CN2)[C@H](O)[C@H](O)[C@H]1O. The van der Waals surface area contributed by atoms with Gasteiger partial charge in [0.15, 0.2) is 6.29 Å². The van der Waals surface area contributed by atoms with Crippen LogP contribution in [-0.2, 0) is 4.74 Å². The molecule has 0 aliphatic carbocycles. The largest absolute Gasteiger partial charge is 0.392 e. The second kappa shape index (κ2) is 4.53. The van der Waals surface area contributed by atoms with Crippen molar-refractivity contribution in [2.45, 2.75) is 49.3 Å². The Morgan fingerprint density at radius 2 is 1.62 bits per heavy atom. The summed E-state index contributed by atoms with van der Waals surface area (Å²) in [7, 11) is 0. The molecule has 0 aromatic heterocycles. The van der Waals surface area contributed by atoms with Crippen LogP contribution in [0.1, 0.15) is 6.42 Å². The number of rotatable bonds is 1. The summed E-state index contributed by atoms with van der Waals surface area (Å²) in [6, 6.07) is -0.346. The molecule has 2 heterocycles. The van der Waals surface area contributed by atoms with Crippen LogP contribution in [0.5, 0.6) is 0 Å². The van der Waals surface area contributed by atoms with Gasteiger partial charge in [-0.15, -0.1) is 0 Å². The van der Waals surface area contributed by atoms with E-state index in [0.717, 1.165) is 0 Å². The van der Waals surface area contributed by atoms with Crippen molar-refractivity contribution in [2.24, 2.45) is 0 Å². The van der Waals surface area contributed by atoms with Gasteiger partial charge < -0.3 is 35.6 Å². The Morgan fingerprint density at radius 3 is 2.19 bits per heavy atom. The van der Waals surface area contributed by atoms with Crippen LogP contribution >= 0.6 is 0 Å². The minimum Gasteiger partial charge on any atom is -0.392 e. The second-order valence-electron chi connectivity index (χ2n) is 4.37. The fourth-order valence-electron chi connectivity index (χ4n) is 2.22. The summed E-state index contributed by atoms with van der Waals surface area (Å²) in [5, 5.41) is 50.0. The van der Waals surface area contributed by atoms with Gasteiger partial charge in [0.1, 0.15) is 24.4 Å². The normalized spacial score (nSPS) is 54.2. The van der Waals surface area contributed by atoms with Gasteiger partial charge in [0.25, 0.3) is 0 Å². The molecule has 0 radical (unpaired) electrons. The summed E-state index contributed by atoms with van der Waals surface area (Å²) in [5.41, 5.74) is 0. The highest BCUT2D eigenvalue weighted by atomic mass is 16.6. The van der Waals surface area contributed by atoms with Crippen molar-refractivity contribution in [2.75, 3.05) is 6.54 Å². The molecule has 2 fully saturated rings. The van der Waals surface area contributed by atoms with Crippen LogP contribution in [0.15, 0.2) is 0 Å². The number of nitrogens with one attached hydrogen (secondary N) is 1. The molecule has 2 rings (SSSR count). The maximum atomic E-state index is 9.70. The highest BCUT2D eigenvalue weighted by molar-refractivity contribution is 4.97. The Hall–Kier alpha value is -0.280. The molecule has 0 bridgehead atoms. The van der Waals surface area contributed by atoms with Gasteiger partial charge in [0.05, 0.1) is 6.10 Å². The maximum Gasteiger partial charge on any atom is 0.184 e. The quantitative estimate of drug-likeness (QED) is 0.279. The van der Waals surface area contributed by atoms with Crippen LogP contribution in [-0.4, -0.2) is 74.9 Å². The molecular formula is C9H17NO6. The number of ether oxygens (including phenoxy) is 1. The summed E-state index contributed by atoms with van der Waals surface area (Å²) in [6.07, 6.45) is -6.78. The smallest absolute Gasteiger partial charge is 0.184 e. The molecule has 0 saturated carbocycles. The molecule has 7 atom stereocenters. The van der Waals surface area contributed by atoms with Gasteiger partial charge in [-0.3, -0.25) is 0 Å². The van der Waals surface area contributed by atoms with Gasteiger partial charge in [-0.2, -0.15) is 0 Å². The van der Waals surface area contributed by atoms with E-state index < -0.39 is 36.8 Å². The fraction of sp³-hybridized carbons (Fsp3) is 1.00. The topological polar surface area (TPSA) is 122 Å². The Labute approximate surface area is 92.3 Å². The highest BCUT2D eigenvalue weighted by Crippen LogP contribution is 2.25. The molecule has 0 amide bonds. The lowest BCUT2D eigenvalue weighted by molar-refractivity contribution is -0.286. The molecule has 94 valence electrons. The minimum absolute atomic E-state index is 0.346. The molecule has 1 unspecified atom stereocenters. The van der Waals surface area contributed by atoms with E-state index in [9.17, 15) is 25.5 Å². The molecule has 7 nitrogen and oxygen atoms in total. The van der Waals surface area contributed by atoms with Crippen LogP contribution in [0.3, 0.4) is 0 Å². The number of aliphatic hydroxyl groups excluding tert-OH is 5. The van der Waals surface area contributed by atoms with Crippen molar-refractivity contribution >= 4 is 0 Å². The number of aliphatic hydroxyl groups is 5. The second-order valence-corrected chi connectivity index (χ2v) is 4.37. The van der Waals surface area contributed by atoms with Gasteiger partial charge in [0, 0.05) is 12.6 Å². The first-order valence-corrected chi connectivity index (χ1v) is 5.30. The molecule has 2 aliphatic heterocycles. The van der Waals surface area contributed by atoms with E-state index in [4.69, 9.17) is 4.74 Å². The van der Waals surface area contributed by atoms with Gasteiger partial charge in [-0.05, 0) is 6.42 Å². The average molecular weight is 235 g/mol. The summed E-state index contributed by atoms with van der Waals surface area (Å²) in [4.78, 5) is 0. The lowest BCUT2D eigenvalue weighted by Crippen LogP contribution is -2.61. The van der Waals surface area contributed by atoms with E-state index in [2.05, 4.69) is 5.32 Å². The van der Waals surface area contributed by atoms with E-state index in [1.54, 1.807) is 0 Å². The van der Waals surface area contributed by atoms with Crippen LogP contribution in [0, 0.1) is 0 Å². The molecule has 0 aromatic rings. The third-order valence-corrected chi connectivity index (χ3v) is 3.16. The monoisotopic (exact) mass is 235 g/mol. The van der Waals surface area contributed by atoms with Crippen molar-refractivity contribution < 1.29 is 30.3 Å². The molecule has 2 aliphatic rings. The summed E-state index contributed by atoms with van der Waals surface area (Å²) < 4.78 is 5.04. The van der Waals surface area contributed by atoms with Crippen molar-refractivity contribution in [3.8, 4) is 0 Å². The molecule has 0 spiro atoms. The van der Waals surface area contributed by atoms with Gasteiger partial charge >= 0.3 is 0 Å². The Morgan fingerprint density at radius 1 is 0.938 bits per heavy atom. The summed E-state index contributed by atoms with van der Waals surface area (Å²) >= 11 is 0. The molecule has 6 N–H and O–H groups in total. The van der Waals surface area contributed by atoms with E-state index in [1.165, 1.54) is 0 Å². The Balaban J connectivity index is 2.04. The summed E-state index contributed by atoms with van der Waals surface area (Å²) in [5.74, 6) is 0. The zero-order chi connectivity index (χ0) is 11.9. The third kappa shape index (κ3) is 2.07. The highest BCUT2D eigenvalue weighted by Gasteiger charge is 2.47. The van der Waals surface area contributed by atoms with Crippen LogP contribution in [0.2, 0.25) is 0 Å². The molecule has 2 saturated heterocycles. The van der Waals surface area contributed by atoms with E-state index in [-0.39, 0.29) is 6.04 Å². The van der Waals surface area contributed by atoms with Crippen LogP contribution < -0.4 is 5.32 Å². The van der Waals surface area contributed by atoms with Crippen LogP contribution in [0.4, 0.5) is 0 Å². The lowest BCUT2D eigenvalue weighted by Gasteiger charge is -2.40. The van der Waals surface area contributed by atoms with E-state index in [0.29, 0.717) is 13.0 Å². The molecule has 0 aromatic carbocycles. The predicted octanol–water partition coefficient (Wildman–Crippen LogP) is -3.49. The Kier molecular flexibility index (Phi) is 3.45. The van der Waals surface area contributed by atoms with E-state index >= 15 is 0 Å². The maximum absolute atomic E-state index is 9.70. The number of hydrogen-bond acceptors (Lipinski definition) is 7.